The van der Waals surface area contributed by atoms with Crippen LogP contribution in [0.1, 0.15) is 17.5 Å². The normalized spacial score (nSPS) is 10.5. The first-order valence-corrected chi connectivity index (χ1v) is 7.72. The van der Waals surface area contributed by atoms with Gasteiger partial charge in [0.2, 0.25) is 0 Å². The molecule has 0 aliphatic carbocycles. The van der Waals surface area contributed by atoms with Crippen molar-refractivity contribution in [2.45, 2.75) is 13.0 Å². The quantitative estimate of drug-likeness (QED) is 0.237. The molecule has 134 valence electrons. The number of rotatable bonds is 8. The Hall–Kier alpha value is -3.48. The van der Waals surface area contributed by atoms with Crippen LogP contribution in [0, 0.1) is 10.1 Å². The molecule has 0 aliphatic rings. The Morgan fingerprint density at radius 3 is 2.46 bits per heavy atom. The highest BCUT2D eigenvalue weighted by Crippen LogP contribution is 2.19. The maximum atomic E-state index is 11.8. The first kappa shape index (κ1) is 18.9. The molecule has 0 saturated carbocycles. The van der Waals surface area contributed by atoms with Gasteiger partial charge in [-0.25, -0.2) is 0 Å². The monoisotopic (exact) mass is 355 g/mol. The van der Waals surface area contributed by atoms with Crippen LogP contribution in [0.5, 0.6) is 5.75 Å². The van der Waals surface area contributed by atoms with Crippen molar-refractivity contribution in [2.75, 3.05) is 7.11 Å². The van der Waals surface area contributed by atoms with Crippen LogP contribution >= 0.6 is 0 Å². The minimum atomic E-state index is -0.668. The molecular weight excluding hydrogens is 338 g/mol. The average molecular weight is 355 g/mol. The van der Waals surface area contributed by atoms with E-state index in [1.165, 1.54) is 24.3 Å². The molecule has 26 heavy (non-hydrogen) atoms. The summed E-state index contributed by atoms with van der Waals surface area (Å²) in [5.41, 5.74) is 0.943. The van der Waals surface area contributed by atoms with E-state index < -0.39 is 23.1 Å². The van der Waals surface area contributed by atoms with Crippen LogP contribution in [0.3, 0.4) is 0 Å². The maximum absolute atomic E-state index is 11.8. The third-order valence-electron chi connectivity index (χ3n) is 3.46. The Morgan fingerprint density at radius 2 is 1.81 bits per heavy atom. The Labute approximate surface area is 150 Å². The number of para-hydroxylation sites is 1. The smallest absolute Gasteiger partial charge is 0.314 e. The summed E-state index contributed by atoms with van der Waals surface area (Å²) in [5.74, 6) is -0.476. The minimum Gasteiger partial charge on any atom is -0.497 e. The number of ether oxygens (including phenoxy) is 2. The van der Waals surface area contributed by atoms with Gasteiger partial charge >= 0.3 is 5.97 Å². The van der Waals surface area contributed by atoms with Crippen LogP contribution in [0.4, 0.5) is 5.69 Å². The summed E-state index contributed by atoms with van der Waals surface area (Å²) in [4.78, 5) is 33.9. The van der Waals surface area contributed by atoms with E-state index >= 15 is 0 Å². The van der Waals surface area contributed by atoms with Gasteiger partial charge in [0, 0.05) is 6.07 Å². The van der Waals surface area contributed by atoms with Gasteiger partial charge in [0.1, 0.15) is 18.8 Å². The predicted octanol–water partition coefficient (Wildman–Crippen LogP) is 3.32. The molecule has 7 heteroatoms. The highest BCUT2D eigenvalue weighted by Gasteiger charge is 2.12. The molecule has 0 saturated heterocycles. The van der Waals surface area contributed by atoms with E-state index in [9.17, 15) is 19.7 Å². The molecule has 0 fully saturated rings. The molecular formula is C19H17NO6. The molecule has 0 atom stereocenters. The first-order chi connectivity index (χ1) is 12.5. The fourth-order valence-corrected chi connectivity index (χ4v) is 2.12. The number of nitro groups is 1. The second kappa shape index (κ2) is 9.12. The zero-order valence-corrected chi connectivity index (χ0v) is 14.1. The van der Waals surface area contributed by atoms with Crippen LogP contribution in [0.25, 0.3) is 6.08 Å². The van der Waals surface area contributed by atoms with Gasteiger partial charge in [-0.1, -0.05) is 24.3 Å². The number of nitro benzene ring substituents is 1. The third-order valence-corrected chi connectivity index (χ3v) is 3.46. The summed E-state index contributed by atoms with van der Waals surface area (Å²) in [5, 5.41) is 10.9. The number of allylic oxidation sites excluding steroid dienone is 1. The van der Waals surface area contributed by atoms with Crippen LogP contribution in [-0.2, 0) is 20.9 Å². The number of esters is 1. The van der Waals surface area contributed by atoms with Gasteiger partial charge in [-0.15, -0.1) is 0 Å². The molecule has 0 aromatic heterocycles. The molecule has 0 aliphatic heterocycles. The van der Waals surface area contributed by atoms with E-state index in [0.717, 1.165) is 11.6 Å². The first-order valence-electron chi connectivity index (χ1n) is 7.72. The number of carbonyl (C=O) groups excluding carboxylic acids is 2. The standard InChI is InChI=1S/C19H17NO6/c1-25-17-10-6-14(7-11-17)13-26-19(22)12-16(21)9-8-15-4-2-3-5-18(15)20(23)24/h2-11H,12-13H2,1H3. The zero-order chi connectivity index (χ0) is 18.9. The van der Waals surface area contributed by atoms with Gasteiger partial charge in [-0.2, -0.15) is 0 Å². The maximum Gasteiger partial charge on any atom is 0.314 e. The van der Waals surface area contributed by atoms with Crippen molar-refractivity contribution in [1.82, 2.24) is 0 Å². The fraction of sp³-hybridized carbons (Fsp3) is 0.158. The van der Waals surface area contributed by atoms with Crippen molar-refractivity contribution in [2.24, 2.45) is 0 Å². The summed E-state index contributed by atoms with van der Waals surface area (Å²) in [7, 11) is 1.55. The lowest BCUT2D eigenvalue weighted by Crippen LogP contribution is -2.09. The van der Waals surface area contributed by atoms with Crippen LogP contribution in [-0.4, -0.2) is 23.8 Å². The third kappa shape index (κ3) is 5.55. The van der Waals surface area contributed by atoms with Gasteiger partial charge < -0.3 is 9.47 Å². The number of nitrogens with zero attached hydrogens (tertiary/aromatic N) is 1. The number of ketones is 1. The molecule has 0 amide bonds. The van der Waals surface area contributed by atoms with E-state index in [-0.39, 0.29) is 17.9 Å². The molecule has 0 unspecified atom stereocenters. The average Bonchev–Trinajstić information content (AvgIpc) is 2.65. The van der Waals surface area contributed by atoms with Crippen molar-refractivity contribution < 1.29 is 24.0 Å². The fourth-order valence-electron chi connectivity index (χ4n) is 2.12. The van der Waals surface area contributed by atoms with Crippen molar-refractivity contribution in [3.8, 4) is 5.75 Å². The Morgan fingerprint density at radius 1 is 1.12 bits per heavy atom. The summed E-state index contributed by atoms with van der Waals surface area (Å²) >= 11 is 0. The van der Waals surface area contributed by atoms with E-state index in [4.69, 9.17) is 9.47 Å². The summed E-state index contributed by atoms with van der Waals surface area (Å²) < 4.78 is 10.1. The predicted molar refractivity (Wildman–Crippen MR) is 94.5 cm³/mol. The number of benzene rings is 2. The zero-order valence-electron chi connectivity index (χ0n) is 14.1. The Balaban J connectivity index is 1.87. The van der Waals surface area contributed by atoms with Crippen molar-refractivity contribution >= 4 is 23.5 Å². The molecule has 0 bridgehead atoms. The highest BCUT2D eigenvalue weighted by atomic mass is 16.6. The van der Waals surface area contributed by atoms with Gasteiger partial charge in [0.05, 0.1) is 17.6 Å². The minimum absolute atomic E-state index is 0.0456. The molecule has 2 aromatic carbocycles. The molecule has 0 radical (unpaired) electrons. The molecule has 0 spiro atoms. The lowest BCUT2D eigenvalue weighted by atomic mass is 10.1. The van der Waals surface area contributed by atoms with Crippen molar-refractivity contribution in [3.05, 3.63) is 75.8 Å². The Kier molecular flexibility index (Phi) is 6.61. The SMILES string of the molecule is COc1ccc(COC(=O)CC(=O)C=Cc2ccccc2[N+](=O)[O-])cc1. The largest absolute Gasteiger partial charge is 0.497 e. The molecule has 2 rings (SSSR count). The number of carbonyl (C=O) groups is 2. The number of hydrogen-bond acceptors (Lipinski definition) is 6. The van der Waals surface area contributed by atoms with Crippen LogP contribution < -0.4 is 4.74 Å². The topological polar surface area (TPSA) is 95.7 Å². The Bertz CT molecular complexity index is 826. The lowest BCUT2D eigenvalue weighted by Gasteiger charge is -2.05. The van der Waals surface area contributed by atoms with Crippen molar-refractivity contribution in [3.63, 3.8) is 0 Å². The lowest BCUT2D eigenvalue weighted by molar-refractivity contribution is -0.385. The van der Waals surface area contributed by atoms with Gasteiger partial charge in [-0.05, 0) is 35.9 Å². The van der Waals surface area contributed by atoms with Gasteiger partial charge in [-0.3, -0.25) is 19.7 Å². The van der Waals surface area contributed by atoms with Gasteiger partial charge in [0.25, 0.3) is 5.69 Å². The van der Waals surface area contributed by atoms with E-state index in [1.807, 2.05) is 0 Å². The highest BCUT2D eigenvalue weighted by molar-refractivity contribution is 6.04. The van der Waals surface area contributed by atoms with Crippen LogP contribution in [0.15, 0.2) is 54.6 Å². The van der Waals surface area contributed by atoms with E-state index in [2.05, 4.69) is 0 Å². The molecule has 2 aromatic rings. The second-order valence-electron chi connectivity index (χ2n) is 5.30. The number of hydrogen-bond donors (Lipinski definition) is 0. The van der Waals surface area contributed by atoms with Crippen molar-refractivity contribution in [1.29, 1.82) is 0 Å². The number of methoxy groups -OCH3 is 1. The molecule has 7 nitrogen and oxygen atoms in total. The summed E-state index contributed by atoms with van der Waals surface area (Å²) in [6.45, 7) is 0.0456. The van der Waals surface area contributed by atoms with Gasteiger partial charge in [0.15, 0.2) is 5.78 Å². The van der Waals surface area contributed by atoms with E-state index in [0.29, 0.717) is 5.75 Å². The van der Waals surface area contributed by atoms with E-state index in [1.54, 1.807) is 37.4 Å². The molecule has 0 heterocycles. The summed E-state index contributed by atoms with van der Waals surface area (Å²) in [6.07, 6.45) is 2.02. The summed E-state index contributed by atoms with van der Waals surface area (Å²) in [6, 6.07) is 13.0. The second-order valence-corrected chi connectivity index (χ2v) is 5.30. The van der Waals surface area contributed by atoms with Crippen LogP contribution in [0.2, 0.25) is 0 Å². The molecule has 0 N–H and O–H groups in total.